The molecule has 86 valence electrons. The van der Waals surface area contributed by atoms with E-state index in [1.54, 1.807) is 0 Å². The first-order valence-electron chi connectivity index (χ1n) is 5.80. The fourth-order valence-electron chi connectivity index (χ4n) is 1.70. The molecule has 1 heterocycles. The first-order valence-corrected chi connectivity index (χ1v) is 5.80. The van der Waals surface area contributed by atoms with Gasteiger partial charge in [0.05, 0.1) is 0 Å². The van der Waals surface area contributed by atoms with Gasteiger partial charge in [-0.2, -0.15) is 0 Å². The second-order valence-corrected chi connectivity index (χ2v) is 7.03. The van der Waals surface area contributed by atoms with Crippen LogP contribution in [0.5, 0.6) is 0 Å². The molecule has 0 aliphatic carbocycles. The molecule has 0 saturated heterocycles. The number of rotatable bonds is 0. The van der Waals surface area contributed by atoms with Crippen LogP contribution < -0.4 is 0 Å². The number of hydrogen-bond acceptors (Lipinski definition) is 1. The summed E-state index contributed by atoms with van der Waals surface area (Å²) in [5.74, 6) is 0. The van der Waals surface area contributed by atoms with Crippen LogP contribution in [0.15, 0.2) is 16.8 Å². The molecule has 1 aliphatic rings. The van der Waals surface area contributed by atoms with Gasteiger partial charge >= 0.3 is 0 Å². The molecule has 1 aliphatic heterocycles. The highest BCUT2D eigenvalue weighted by Crippen LogP contribution is 2.46. The smallest absolute Gasteiger partial charge is 0.0261 e. The molecular formula is C14H25N. The molecule has 1 nitrogen and oxygen atoms in total. The van der Waals surface area contributed by atoms with Crippen LogP contribution in [0.3, 0.4) is 0 Å². The van der Waals surface area contributed by atoms with Gasteiger partial charge < -0.3 is 0 Å². The molecule has 0 aromatic carbocycles. The minimum atomic E-state index is 0.185. The predicted octanol–water partition coefficient (Wildman–Crippen LogP) is 4.44. The molecular weight excluding hydrogens is 182 g/mol. The van der Waals surface area contributed by atoms with Crippen molar-refractivity contribution in [3.63, 3.8) is 0 Å². The van der Waals surface area contributed by atoms with Gasteiger partial charge in [0.25, 0.3) is 0 Å². The molecule has 1 rings (SSSR count). The molecule has 0 radical (unpaired) electrons. The van der Waals surface area contributed by atoms with E-state index in [4.69, 9.17) is 0 Å². The fourth-order valence-corrected chi connectivity index (χ4v) is 1.70. The maximum Gasteiger partial charge on any atom is 0.0261 e. The quantitative estimate of drug-likeness (QED) is 0.556. The maximum atomic E-state index is 4.46. The maximum absolute atomic E-state index is 4.46. The van der Waals surface area contributed by atoms with Crippen molar-refractivity contribution >= 4 is 6.21 Å². The normalized spacial score (nSPS) is 27.8. The van der Waals surface area contributed by atoms with Crippen LogP contribution in [0, 0.1) is 16.2 Å². The average Bonchev–Trinajstić information content (AvgIpc) is 2.00. The van der Waals surface area contributed by atoms with Crippen LogP contribution in [0.25, 0.3) is 0 Å². The van der Waals surface area contributed by atoms with Gasteiger partial charge in [-0.15, -0.1) is 0 Å². The Kier molecular flexibility index (Phi) is 2.88. The Hall–Kier alpha value is -0.590. The van der Waals surface area contributed by atoms with Crippen molar-refractivity contribution < 1.29 is 0 Å². The highest BCUT2D eigenvalue weighted by molar-refractivity contribution is 5.69. The lowest BCUT2D eigenvalue weighted by Gasteiger charge is -2.43. The molecule has 0 spiro atoms. The van der Waals surface area contributed by atoms with E-state index in [0.29, 0.717) is 0 Å². The number of nitrogens with zero attached hydrogens (tertiary/aromatic N) is 1. The van der Waals surface area contributed by atoms with Gasteiger partial charge in [-0.05, 0) is 22.8 Å². The van der Waals surface area contributed by atoms with E-state index in [1.165, 1.54) is 5.57 Å². The van der Waals surface area contributed by atoms with Crippen molar-refractivity contribution in [2.75, 3.05) is 0 Å². The first-order chi connectivity index (χ1) is 6.56. The van der Waals surface area contributed by atoms with Gasteiger partial charge in [-0.3, -0.25) is 4.99 Å². The number of hydrogen-bond donors (Lipinski definition) is 0. The largest absolute Gasteiger partial charge is 0.269 e. The van der Waals surface area contributed by atoms with Crippen LogP contribution in [0.4, 0.5) is 0 Å². The zero-order valence-corrected chi connectivity index (χ0v) is 11.3. The summed E-state index contributed by atoms with van der Waals surface area (Å²) >= 11 is 0. The summed E-state index contributed by atoms with van der Waals surface area (Å²) in [7, 11) is 0. The van der Waals surface area contributed by atoms with Gasteiger partial charge in [0.15, 0.2) is 0 Å². The molecule has 0 N–H and O–H groups in total. The van der Waals surface area contributed by atoms with Crippen molar-refractivity contribution in [1.82, 2.24) is 0 Å². The number of allylic oxidation sites excluding steroid dienone is 1. The molecule has 15 heavy (non-hydrogen) atoms. The predicted molar refractivity (Wildman–Crippen MR) is 68.2 cm³/mol. The zero-order valence-electron chi connectivity index (χ0n) is 11.3. The van der Waals surface area contributed by atoms with Crippen molar-refractivity contribution in [2.45, 2.75) is 54.9 Å². The van der Waals surface area contributed by atoms with Crippen molar-refractivity contribution in [2.24, 2.45) is 21.2 Å². The molecule has 1 atom stereocenters. The highest BCUT2D eigenvalue weighted by atomic mass is 14.7. The van der Waals surface area contributed by atoms with Gasteiger partial charge in [-0.25, -0.2) is 0 Å². The average molecular weight is 207 g/mol. The van der Waals surface area contributed by atoms with Crippen LogP contribution in [0.2, 0.25) is 0 Å². The Morgan fingerprint density at radius 3 is 2.07 bits per heavy atom. The lowest BCUT2D eigenvalue weighted by Crippen LogP contribution is -2.37. The Morgan fingerprint density at radius 1 is 1.13 bits per heavy atom. The lowest BCUT2D eigenvalue weighted by molar-refractivity contribution is 0.186. The van der Waals surface area contributed by atoms with Gasteiger partial charge in [-0.1, -0.05) is 48.5 Å². The highest BCUT2D eigenvalue weighted by Gasteiger charge is 2.39. The molecule has 0 fully saturated rings. The van der Waals surface area contributed by atoms with E-state index < -0.39 is 0 Å². The fraction of sp³-hybridized carbons (Fsp3) is 0.786. The van der Waals surface area contributed by atoms with Crippen LogP contribution >= 0.6 is 0 Å². The van der Waals surface area contributed by atoms with Gasteiger partial charge in [0.2, 0.25) is 0 Å². The van der Waals surface area contributed by atoms with E-state index in [2.05, 4.69) is 59.7 Å². The Labute approximate surface area is 94.7 Å². The topological polar surface area (TPSA) is 12.4 Å². The minimum Gasteiger partial charge on any atom is -0.269 e. The summed E-state index contributed by atoms with van der Waals surface area (Å²) in [6.45, 7) is 16.0. The van der Waals surface area contributed by atoms with Gasteiger partial charge in [0.1, 0.15) is 0 Å². The third kappa shape index (κ3) is 2.50. The lowest BCUT2D eigenvalue weighted by atomic mass is 9.62. The first kappa shape index (κ1) is 12.5. The standard InChI is InChI=1S/C14H25N/c1-12(2,3)11-8-14(7,10-15-9-11)13(4,5)6/h9-10H,8H2,1-7H3. The molecule has 0 aromatic heterocycles. The number of aliphatic imine (C=N–C) groups is 1. The summed E-state index contributed by atoms with van der Waals surface area (Å²) < 4.78 is 0. The van der Waals surface area contributed by atoms with E-state index in [9.17, 15) is 0 Å². The molecule has 0 amide bonds. The Bertz CT molecular complexity index is 296. The van der Waals surface area contributed by atoms with E-state index in [-0.39, 0.29) is 16.2 Å². The van der Waals surface area contributed by atoms with Crippen LogP contribution in [-0.2, 0) is 0 Å². The van der Waals surface area contributed by atoms with Crippen LogP contribution in [-0.4, -0.2) is 6.21 Å². The summed E-state index contributed by atoms with van der Waals surface area (Å²) in [6.07, 6.45) is 5.30. The Morgan fingerprint density at radius 2 is 1.67 bits per heavy atom. The third-order valence-corrected chi connectivity index (χ3v) is 3.82. The van der Waals surface area contributed by atoms with Gasteiger partial charge in [0, 0.05) is 17.8 Å². The van der Waals surface area contributed by atoms with Crippen molar-refractivity contribution in [3.05, 3.63) is 11.8 Å². The van der Waals surface area contributed by atoms with Crippen molar-refractivity contribution in [3.8, 4) is 0 Å². The zero-order chi connectivity index (χ0) is 11.9. The van der Waals surface area contributed by atoms with E-state index >= 15 is 0 Å². The van der Waals surface area contributed by atoms with E-state index in [1.807, 2.05) is 6.20 Å². The third-order valence-electron chi connectivity index (χ3n) is 3.82. The molecule has 0 bridgehead atoms. The SMILES string of the molecule is CC(C)(C)C1=CN=CC(C)(C(C)(C)C)C1. The minimum absolute atomic E-state index is 0.185. The molecule has 0 aromatic rings. The summed E-state index contributed by atoms with van der Waals surface area (Å²) in [5, 5.41) is 0. The second-order valence-electron chi connectivity index (χ2n) is 7.03. The summed E-state index contributed by atoms with van der Waals surface area (Å²) in [6, 6.07) is 0. The van der Waals surface area contributed by atoms with Crippen LogP contribution in [0.1, 0.15) is 54.9 Å². The molecule has 1 heteroatoms. The molecule has 0 saturated carbocycles. The second kappa shape index (κ2) is 3.47. The summed E-state index contributed by atoms with van der Waals surface area (Å²) in [5.41, 5.74) is 2.15. The molecule has 1 unspecified atom stereocenters. The summed E-state index contributed by atoms with van der Waals surface area (Å²) in [4.78, 5) is 4.46. The van der Waals surface area contributed by atoms with Crippen molar-refractivity contribution in [1.29, 1.82) is 0 Å². The Balaban J connectivity index is 2.99. The van der Waals surface area contributed by atoms with E-state index in [0.717, 1.165) is 6.42 Å². The monoisotopic (exact) mass is 207 g/mol.